The zero-order chi connectivity index (χ0) is 14.3. The van der Waals surface area contributed by atoms with Crippen molar-refractivity contribution in [3.8, 4) is 5.75 Å². The maximum atomic E-state index is 12.2. The standard InChI is InChI=1S/C13H24N4O2/c1-16(2)8-9-17-13(12(19-3)10-15-17)11(18)6-4-5-7-14/h10H,4-9,14H2,1-3H3. The Balaban J connectivity index is 2.77. The molecule has 0 saturated heterocycles. The van der Waals surface area contributed by atoms with E-state index >= 15 is 0 Å². The average Bonchev–Trinajstić information content (AvgIpc) is 2.79. The number of ether oxygens (including phenoxy) is 1. The van der Waals surface area contributed by atoms with Crippen LogP contribution in [0.5, 0.6) is 5.75 Å². The summed E-state index contributed by atoms with van der Waals surface area (Å²) >= 11 is 0. The summed E-state index contributed by atoms with van der Waals surface area (Å²) in [4.78, 5) is 14.3. The topological polar surface area (TPSA) is 73.4 Å². The average molecular weight is 268 g/mol. The van der Waals surface area contributed by atoms with E-state index in [1.807, 2.05) is 14.1 Å². The van der Waals surface area contributed by atoms with E-state index in [-0.39, 0.29) is 5.78 Å². The lowest BCUT2D eigenvalue weighted by Gasteiger charge is -2.12. The van der Waals surface area contributed by atoms with Gasteiger partial charge in [-0.25, -0.2) is 0 Å². The highest BCUT2D eigenvalue weighted by atomic mass is 16.5. The molecule has 0 unspecified atom stereocenters. The molecule has 0 saturated carbocycles. The van der Waals surface area contributed by atoms with Crippen LogP contribution < -0.4 is 10.5 Å². The van der Waals surface area contributed by atoms with E-state index in [2.05, 4.69) is 10.00 Å². The van der Waals surface area contributed by atoms with Crippen molar-refractivity contribution < 1.29 is 9.53 Å². The van der Waals surface area contributed by atoms with Gasteiger partial charge in [-0.3, -0.25) is 9.48 Å². The minimum atomic E-state index is 0.0709. The number of Topliss-reactive ketones (excluding diaryl/α,β-unsaturated/α-hetero) is 1. The molecule has 0 aliphatic carbocycles. The SMILES string of the molecule is COc1cnn(CCN(C)C)c1C(=O)CCCCN. The van der Waals surface area contributed by atoms with Crippen molar-refractivity contribution in [2.24, 2.45) is 5.73 Å². The highest BCUT2D eigenvalue weighted by molar-refractivity contribution is 5.96. The number of methoxy groups -OCH3 is 1. The second kappa shape index (κ2) is 7.91. The molecule has 6 heteroatoms. The van der Waals surface area contributed by atoms with Crippen molar-refractivity contribution in [2.45, 2.75) is 25.8 Å². The first kappa shape index (κ1) is 15.7. The third-order valence-corrected chi connectivity index (χ3v) is 2.91. The highest BCUT2D eigenvalue weighted by Gasteiger charge is 2.18. The predicted molar refractivity (Wildman–Crippen MR) is 74.6 cm³/mol. The van der Waals surface area contributed by atoms with Gasteiger partial charge in [-0.05, 0) is 33.5 Å². The van der Waals surface area contributed by atoms with Crippen LogP contribution in [0.2, 0.25) is 0 Å². The van der Waals surface area contributed by atoms with E-state index in [4.69, 9.17) is 10.5 Å². The molecule has 0 radical (unpaired) electrons. The Morgan fingerprint density at radius 2 is 2.21 bits per heavy atom. The Morgan fingerprint density at radius 3 is 2.79 bits per heavy atom. The Labute approximate surface area is 114 Å². The fourth-order valence-electron chi connectivity index (χ4n) is 1.81. The van der Waals surface area contributed by atoms with E-state index < -0.39 is 0 Å². The van der Waals surface area contributed by atoms with Crippen LogP contribution in [-0.2, 0) is 6.54 Å². The van der Waals surface area contributed by atoms with Crippen LogP contribution in [0.4, 0.5) is 0 Å². The molecule has 108 valence electrons. The molecule has 0 bridgehead atoms. The van der Waals surface area contributed by atoms with E-state index in [9.17, 15) is 4.79 Å². The monoisotopic (exact) mass is 268 g/mol. The number of nitrogens with two attached hydrogens (primary N) is 1. The van der Waals surface area contributed by atoms with Crippen molar-refractivity contribution in [1.29, 1.82) is 0 Å². The number of likely N-dealkylation sites (N-methyl/N-ethyl adjacent to an activating group) is 1. The van der Waals surface area contributed by atoms with Gasteiger partial charge >= 0.3 is 0 Å². The summed E-state index contributed by atoms with van der Waals surface area (Å²) in [7, 11) is 5.54. The highest BCUT2D eigenvalue weighted by Crippen LogP contribution is 2.20. The summed E-state index contributed by atoms with van der Waals surface area (Å²) in [5, 5.41) is 4.23. The second-order valence-corrected chi connectivity index (χ2v) is 4.76. The second-order valence-electron chi connectivity index (χ2n) is 4.76. The summed E-state index contributed by atoms with van der Waals surface area (Å²) in [5.74, 6) is 0.623. The molecule has 1 aromatic rings. The molecule has 1 aromatic heterocycles. The van der Waals surface area contributed by atoms with Gasteiger partial charge in [-0.15, -0.1) is 0 Å². The van der Waals surface area contributed by atoms with E-state index in [1.54, 1.807) is 18.0 Å². The van der Waals surface area contributed by atoms with Crippen LogP contribution in [0.3, 0.4) is 0 Å². The first-order chi connectivity index (χ1) is 9.10. The lowest BCUT2D eigenvalue weighted by Crippen LogP contribution is -2.21. The number of rotatable bonds is 9. The van der Waals surface area contributed by atoms with Gasteiger partial charge in [0.2, 0.25) is 0 Å². The lowest BCUT2D eigenvalue weighted by molar-refractivity contribution is 0.0965. The number of carbonyl (C=O) groups is 1. The molecular formula is C13H24N4O2. The van der Waals surface area contributed by atoms with Gasteiger partial charge in [0.05, 0.1) is 19.9 Å². The van der Waals surface area contributed by atoms with Gasteiger partial charge in [0, 0.05) is 13.0 Å². The number of carbonyl (C=O) groups excluding carboxylic acids is 1. The number of unbranched alkanes of at least 4 members (excludes halogenated alkanes) is 1. The van der Waals surface area contributed by atoms with Crippen LogP contribution in [-0.4, -0.2) is 54.8 Å². The minimum Gasteiger partial charge on any atom is -0.493 e. The molecule has 0 aliphatic heterocycles. The van der Waals surface area contributed by atoms with E-state index in [0.29, 0.717) is 31.0 Å². The number of nitrogens with zero attached hydrogens (tertiary/aromatic N) is 3. The molecule has 0 aromatic carbocycles. The molecule has 6 nitrogen and oxygen atoms in total. The zero-order valence-corrected chi connectivity index (χ0v) is 12.1. The first-order valence-electron chi connectivity index (χ1n) is 6.58. The van der Waals surface area contributed by atoms with Crippen LogP contribution in [0, 0.1) is 0 Å². The molecular weight excluding hydrogens is 244 g/mol. The van der Waals surface area contributed by atoms with Crippen molar-refractivity contribution in [3.05, 3.63) is 11.9 Å². The van der Waals surface area contributed by atoms with Gasteiger partial charge in [-0.1, -0.05) is 0 Å². The summed E-state index contributed by atoms with van der Waals surface area (Å²) in [6.07, 6.45) is 3.75. The third kappa shape index (κ3) is 4.65. The van der Waals surface area contributed by atoms with E-state index in [0.717, 1.165) is 19.4 Å². The predicted octanol–water partition coefficient (Wildman–Crippen LogP) is 0.765. The largest absolute Gasteiger partial charge is 0.493 e. The maximum absolute atomic E-state index is 12.2. The molecule has 0 spiro atoms. The molecule has 19 heavy (non-hydrogen) atoms. The lowest BCUT2D eigenvalue weighted by atomic mass is 10.1. The molecule has 1 heterocycles. The molecule has 0 amide bonds. The molecule has 1 rings (SSSR count). The van der Waals surface area contributed by atoms with Crippen LogP contribution in [0.15, 0.2) is 6.20 Å². The van der Waals surface area contributed by atoms with Crippen LogP contribution >= 0.6 is 0 Å². The minimum absolute atomic E-state index is 0.0709. The Bertz CT molecular complexity index is 401. The Hall–Kier alpha value is -1.40. The quantitative estimate of drug-likeness (QED) is 0.529. The number of ketones is 1. The molecule has 2 N–H and O–H groups in total. The van der Waals surface area contributed by atoms with Gasteiger partial charge in [0.25, 0.3) is 0 Å². The normalized spacial score (nSPS) is 11.0. The fourth-order valence-corrected chi connectivity index (χ4v) is 1.81. The Kier molecular flexibility index (Phi) is 6.52. The van der Waals surface area contributed by atoms with Crippen LogP contribution in [0.25, 0.3) is 0 Å². The van der Waals surface area contributed by atoms with Gasteiger partial charge in [0.15, 0.2) is 11.5 Å². The van der Waals surface area contributed by atoms with Crippen molar-refractivity contribution in [2.75, 3.05) is 34.3 Å². The summed E-state index contributed by atoms with van der Waals surface area (Å²) in [5.41, 5.74) is 6.01. The molecule has 0 aliphatic rings. The van der Waals surface area contributed by atoms with Gasteiger partial charge in [-0.2, -0.15) is 5.10 Å². The summed E-state index contributed by atoms with van der Waals surface area (Å²) < 4.78 is 6.94. The summed E-state index contributed by atoms with van der Waals surface area (Å²) in [6.45, 7) is 2.12. The smallest absolute Gasteiger partial charge is 0.184 e. The van der Waals surface area contributed by atoms with Crippen molar-refractivity contribution in [3.63, 3.8) is 0 Å². The molecule has 0 atom stereocenters. The van der Waals surface area contributed by atoms with Gasteiger partial charge < -0.3 is 15.4 Å². The summed E-state index contributed by atoms with van der Waals surface area (Å²) in [6, 6.07) is 0. The van der Waals surface area contributed by atoms with Crippen molar-refractivity contribution in [1.82, 2.24) is 14.7 Å². The first-order valence-corrected chi connectivity index (χ1v) is 6.58. The van der Waals surface area contributed by atoms with Gasteiger partial charge in [0.1, 0.15) is 5.69 Å². The Morgan fingerprint density at radius 1 is 1.47 bits per heavy atom. The number of hydrogen-bond donors (Lipinski definition) is 1. The maximum Gasteiger partial charge on any atom is 0.184 e. The third-order valence-electron chi connectivity index (χ3n) is 2.91. The molecule has 0 fully saturated rings. The van der Waals surface area contributed by atoms with Crippen LogP contribution in [0.1, 0.15) is 29.8 Å². The number of aromatic nitrogens is 2. The number of hydrogen-bond acceptors (Lipinski definition) is 5. The van der Waals surface area contributed by atoms with Crippen molar-refractivity contribution >= 4 is 5.78 Å². The zero-order valence-electron chi connectivity index (χ0n) is 12.1. The van der Waals surface area contributed by atoms with E-state index in [1.165, 1.54) is 0 Å². The fraction of sp³-hybridized carbons (Fsp3) is 0.692.